The molecule has 4 rings (SSSR count). The molecule has 192 valence electrons. The molecule has 2 heterocycles. The number of rotatable bonds is 7. The summed E-state index contributed by atoms with van der Waals surface area (Å²) in [6.07, 6.45) is 10.6. The first-order chi connectivity index (χ1) is 16.7. The van der Waals surface area contributed by atoms with E-state index in [4.69, 9.17) is 5.73 Å². The van der Waals surface area contributed by atoms with Crippen molar-refractivity contribution >= 4 is 33.8 Å². The molecule has 1 aromatic carbocycles. The number of halogens is 1. The Morgan fingerprint density at radius 3 is 2.28 bits per heavy atom. The van der Waals surface area contributed by atoms with Crippen molar-refractivity contribution in [2.45, 2.75) is 15.7 Å². The van der Waals surface area contributed by atoms with Crippen LogP contribution in [0.15, 0.2) is 91.8 Å². The minimum Gasteiger partial charge on any atom is -0.323 e. The number of piperazine rings is 1. The van der Waals surface area contributed by atoms with Gasteiger partial charge in [-0.2, -0.15) is 0 Å². The molecule has 1 saturated heterocycles. The molecule has 1 aliphatic carbocycles. The van der Waals surface area contributed by atoms with Crippen LogP contribution < -0.4 is 11.1 Å². The van der Waals surface area contributed by atoms with Crippen molar-refractivity contribution in [1.82, 2.24) is 14.8 Å². The maximum absolute atomic E-state index is 13.8. The van der Waals surface area contributed by atoms with Gasteiger partial charge in [0.15, 0.2) is 14.7 Å². The Balaban J connectivity index is 0.00000361. The van der Waals surface area contributed by atoms with E-state index in [0.29, 0.717) is 24.3 Å². The molecule has 8 nitrogen and oxygen atoms in total. The molecule has 1 unspecified atom stereocenters. The summed E-state index contributed by atoms with van der Waals surface area (Å²) < 4.78 is 27.5. The minimum atomic E-state index is -3.96. The van der Waals surface area contributed by atoms with Gasteiger partial charge < -0.3 is 16.0 Å². The average molecular weight is 530 g/mol. The van der Waals surface area contributed by atoms with Crippen LogP contribution in [0.25, 0.3) is 0 Å². The molecule has 0 saturated carbocycles. The summed E-state index contributed by atoms with van der Waals surface area (Å²) >= 11 is 0. The van der Waals surface area contributed by atoms with E-state index in [1.807, 2.05) is 42.3 Å². The van der Waals surface area contributed by atoms with Crippen LogP contribution in [0.3, 0.4) is 0 Å². The van der Waals surface area contributed by atoms with E-state index in [2.05, 4.69) is 21.8 Å². The number of carbonyl (C=O) groups is 1. The Labute approximate surface area is 218 Å². The van der Waals surface area contributed by atoms with E-state index < -0.39 is 25.5 Å². The summed E-state index contributed by atoms with van der Waals surface area (Å²) in [5.74, 6) is -0.344. The highest BCUT2D eigenvalue weighted by atomic mass is 35.5. The lowest BCUT2D eigenvalue weighted by molar-refractivity contribution is -0.118. The van der Waals surface area contributed by atoms with Crippen molar-refractivity contribution in [3.05, 3.63) is 97.4 Å². The summed E-state index contributed by atoms with van der Waals surface area (Å²) in [5, 5.41) is 1.94. The van der Waals surface area contributed by atoms with Gasteiger partial charge >= 0.3 is 0 Å². The zero-order valence-corrected chi connectivity index (χ0v) is 21.8. The first kappa shape index (κ1) is 27.8. The number of amides is 1. The molecule has 0 bridgehead atoms. The number of likely N-dealkylation sites (N-methyl/N-ethyl adjacent to an activating group) is 1. The van der Waals surface area contributed by atoms with Crippen molar-refractivity contribution in [3.8, 4) is 0 Å². The Bertz CT molecular complexity index is 1210. The summed E-state index contributed by atoms with van der Waals surface area (Å²) in [6, 6.07) is 12.6. The van der Waals surface area contributed by atoms with Crippen LogP contribution in [0.4, 0.5) is 5.69 Å². The third-order valence-corrected chi connectivity index (χ3v) is 9.05. The largest absolute Gasteiger partial charge is 0.323 e. The molecule has 2 aromatic rings. The molecule has 10 heteroatoms. The number of aromatic nitrogens is 1. The van der Waals surface area contributed by atoms with Crippen LogP contribution in [0, 0.1) is 0 Å². The Kier molecular flexibility index (Phi) is 8.53. The molecule has 1 atom stereocenters. The molecule has 1 aliphatic heterocycles. The SMILES string of the molecule is C=CC(N1CCN(C)CC1)S(=O)(=O)C1(N)C=CC(C(=O)Nc2cccnc2)(c2ccccc2)C=C1.Cl. The monoisotopic (exact) mass is 529 g/mol. The minimum absolute atomic E-state index is 0. The highest BCUT2D eigenvalue weighted by Crippen LogP contribution is 2.37. The molecule has 2 aliphatic rings. The van der Waals surface area contributed by atoms with Gasteiger partial charge in [0, 0.05) is 32.4 Å². The van der Waals surface area contributed by atoms with Crippen molar-refractivity contribution in [2.24, 2.45) is 5.73 Å². The normalized spacial score (nSPS) is 25.5. The molecular weight excluding hydrogens is 498 g/mol. The van der Waals surface area contributed by atoms with Crippen LogP contribution in [0.1, 0.15) is 5.56 Å². The first-order valence-electron chi connectivity index (χ1n) is 11.5. The van der Waals surface area contributed by atoms with Gasteiger partial charge in [-0.3, -0.25) is 14.7 Å². The van der Waals surface area contributed by atoms with E-state index in [1.54, 1.807) is 36.7 Å². The second-order valence-electron chi connectivity index (χ2n) is 8.96. The van der Waals surface area contributed by atoms with E-state index in [-0.39, 0.29) is 18.3 Å². The summed E-state index contributed by atoms with van der Waals surface area (Å²) in [5.41, 5.74) is 6.49. The van der Waals surface area contributed by atoms with Crippen molar-refractivity contribution < 1.29 is 13.2 Å². The fourth-order valence-electron chi connectivity index (χ4n) is 4.44. The van der Waals surface area contributed by atoms with Gasteiger partial charge in [-0.1, -0.05) is 48.6 Å². The smallest absolute Gasteiger partial charge is 0.242 e. The van der Waals surface area contributed by atoms with Gasteiger partial charge in [0.2, 0.25) is 5.91 Å². The number of anilines is 1. The molecule has 1 amide bonds. The molecule has 1 aromatic heterocycles. The first-order valence-corrected chi connectivity index (χ1v) is 13.0. The van der Waals surface area contributed by atoms with Gasteiger partial charge in [0.25, 0.3) is 0 Å². The van der Waals surface area contributed by atoms with E-state index >= 15 is 0 Å². The zero-order valence-electron chi connectivity index (χ0n) is 20.2. The Morgan fingerprint density at radius 2 is 1.72 bits per heavy atom. The van der Waals surface area contributed by atoms with Crippen molar-refractivity contribution in [3.63, 3.8) is 0 Å². The van der Waals surface area contributed by atoms with Crippen LogP contribution in [-0.4, -0.2) is 72.6 Å². The molecule has 0 spiro atoms. The van der Waals surface area contributed by atoms with Crippen LogP contribution in [-0.2, 0) is 20.0 Å². The van der Waals surface area contributed by atoms with Crippen molar-refractivity contribution in [1.29, 1.82) is 0 Å². The second kappa shape index (κ2) is 11.1. The predicted octanol–water partition coefficient (Wildman–Crippen LogP) is 2.34. The maximum Gasteiger partial charge on any atom is 0.242 e. The molecule has 1 fully saturated rings. The summed E-state index contributed by atoms with van der Waals surface area (Å²) in [7, 11) is -1.95. The van der Waals surface area contributed by atoms with Crippen molar-refractivity contribution in [2.75, 3.05) is 38.5 Å². The maximum atomic E-state index is 13.8. The van der Waals surface area contributed by atoms with Gasteiger partial charge in [0.05, 0.1) is 11.9 Å². The lowest BCUT2D eigenvalue weighted by Gasteiger charge is -2.40. The summed E-state index contributed by atoms with van der Waals surface area (Å²) in [6.45, 7) is 6.50. The number of nitrogens with one attached hydrogen (secondary N) is 1. The third kappa shape index (κ3) is 5.16. The number of benzene rings is 1. The summed E-state index contributed by atoms with van der Waals surface area (Å²) in [4.78, 5) is 19.8. The van der Waals surface area contributed by atoms with E-state index in [9.17, 15) is 13.2 Å². The number of hydrogen-bond acceptors (Lipinski definition) is 7. The number of nitrogens with zero attached hydrogens (tertiary/aromatic N) is 3. The Hall–Kier alpha value is -2.82. The lowest BCUT2D eigenvalue weighted by Crippen LogP contribution is -2.58. The predicted molar refractivity (Wildman–Crippen MR) is 145 cm³/mol. The highest BCUT2D eigenvalue weighted by Gasteiger charge is 2.48. The van der Waals surface area contributed by atoms with Crippen LogP contribution in [0.5, 0.6) is 0 Å². The number of hydrogen-bond donors (Lipinski definition) is 2. The topological polar surface area (TPSA) is 109 Å². The van der Waals surface area contributed by atoms with Gasteiger partial charge in [0.1, 0.15) is 10.8 Å². The van der Waals surface area contributed by atoms with Crippen LogP contribution >= 0.6 is 12.4 Å². The molecule has 3 N–H and O–H groups in total. The number of nitrogens with two attached hydrogens (primary N) is 1. The fourth-order valence-corrected chi connectivity index (χ4v) is 6.23. The standard InChI is InChI=1S/C26H31N5O3S.ClH/c1-3-23(31-18-16-30(2)17-19-31)35(33,34)26(27)13-11-25(12-14-26,21-8-5-4-6-9-21)24(32)29-22-10-7-15-28-20-22;/h3-15,20,23H,1,16-19,27H2,2H3,(H,29,32);1H. The highest BCUT2D eigenvalue weighted by molar-refractivity contribution is 7.93. The number of sulfone groups is 1. The second-order valence-corrected chi connectivity index (χ2v) is 11.2. The molecule has 0 radical (unpaired) electrons. The number of carbonyl (C=O) groups excluding carboxylic acids is 1. The fraction of sp³-hybridized carbons (Fsp3) is 0.308. The van der Waals surface area contributed by atoms with Gasteiger partial charge in [-0.05, 0) is 36.9 Å². The Morgan fingerprint density at radius 1 is 1.08 bits per heavy atom. The lowest BCUT2D eigenvalue weighted by atomic mass is 9.76. The molecular formula is C26H32ClN5O3S. The zero-order chi connectivity index (χ0) is 25.1. The van der Waals surface area contributed by atoms with E-state index in [0.717, 1.165) is 13.1 Å². The van der Waals surface area contributed by atoms with E-state index in [1.165, 1.54) is 18.2 Å². The quantitative estimate of drug-likeness (QED) is 0.530. The van der Waals surface area contributed by atoms with Gasteiger partial charge in [-0.25, -0.2) is 8.42 Å². The molecule has 36 heavy (non-hydrogen) atoms. The average Bonchev–Trinajstić information content (AvgIpc) is 2.87. The number of pyridine rings is 1. The van der Waals surface area contributed by atoms with Crippen LogP contribution in [0.2, 0.25) is 0 Å². The van der Waals surface area contributed by atoms with Gasteiger partial charge in [-0.15, -0.1) is 19.0 Å². The third-order valence-electron chi connectivity index (χ3n) is 6.67.